The van der Waals surface area contributed by atoms with Gasteiger partial charge in [0.05, 0.1) is 0 Å². The van der Waals surface area contributed by atoms with Gasteiger partial charge in [-0.1, -0.05) is 13.8 Å². The zero-order chi connectivity index (χ0) is 7.33. The molecular weight excluding hydrogens is 128 g/mol. The van der Waals surface area contributed by atoms with Crippen LogP contribution in [0, 0.1) is 0 Å². The molecule has 2 nitrogen and oxygen atoms in total. The second-order valence-electron chi connectivity index (χ2n) is 2.69. The van der Waals surface area contributed by atoms with Crippen LogP contribution in [0.25, 0.3) is 0 Å². The minimum absolute atomic E-state index is 0.240. The van der Waals surface area contributed by atoms with Gasteiger partial charge in [0.15, 0.2) is 0 Å². The van der Waals surface area contributed by atoms with E-state index < -0.39 is 0 Å². The molecule has 0 aromatic rings. The van der Waals surface area contributed by atoms with Crippen molar-refractivity contribution in [2.75, 3.05) is 13.1 Å². The average Bonchev–Trinajstić information content (AvgIpc) is 1.64. The molecule has 0 heterocycles. The minimum atomic E-state index is 0.240. The molecule has 3 heteroatoms. The van der Waals surface area contributed by atoms with E-state index in [-0.39, 0.29) is 5.29 Å². The van der Waals surface area contributed by atoms with E-state index in [0.29, 0.717) is 0 Å². The number of nitrogens with one attached hydrogen (secondary N) is 2. The molecule has 0 unspecified atom stereocenters. The lowest BCUT2D eigenvalue weighted by Gasteiger charge is -2.26. The highest BCUT2D eigenvalue weighted by Crippen LogP contribution is 1.87. The smallest absolute Gasteiger partial charge is 0.0460 e. The van der Waals surface area contributed by atoms with E-state index in [1.807, 2.05) is 0 Å². The normalized spacial score (nSPS) is 12.3. The molecule has 0 rings (SSSR count). The Labute approximate surface area is 60.8 Å². The first kappa shape index (κ1) is 9.14. The second kappa shape index (κ2) is 4.03. The third kappa shape index (κ3) is 4.63. The van der Waals surface area contributed by atoms with E-state index >= 15 is 0 Å². The Balaban J connectivity index is 3.43. The van der Waals surface area contributed by atoms with Crippen molar-refractivity contribution in [2.24, 2.45) is 0 Å². The van der Waals surface area contributed by atoms with E-state index in [4.69, 9.17) is 0 Å². The maximum atomic E-state index is 3.37. The average molecular weight is 146 g/mol. The molecule has 0 atom stereocenters. The van der Waals surface area contributed by atoms with Crippen LogP contribution in [0.15, 0.2) is 0 Å². The van der Waals surface area contributed by atoms with Crippen molar-refractivity contribution >= 4 is 10.2 Å². The summed E-state index contributed by atoms with van der Waals surface area (Å²) < 4.78 is 0. The van der Waals surface area contributed by atoms with Crippen LogP contribution in [0.5, 0.6) is 0 Å². The van der Waals surface area contributed by atoms with Crippen molar-refractivity contribution < 1.29 is 0 Å². The Bertz CT molecular complexity index is 65.5. The van der Waals surface area contributed by atoms with Gasteiger partial charge in [-0.05, 0) is 20.0 Å². The zero-order valence-electron chi connectivity index (χ0n) is 6.91. The summed E-state index contributed by atoms with van der Waals surface area (Å²) >= 11 is 0. The van der Waals surface area contributed by atoms with Gasteiger partial charge < -0.3 is 10.6 Å². The highest BCUT2D eigenvalue weighted by Gasteiger charge is 2.11. The molecule has 0 radical (unpaired) electrons. The van der Waals surface area contributed by atoms with Gasteiger partial charge in [-0.15, -0.1) is 0 Å². The lowest BCUT2D eigenvalue weighted by Crippen LogP contribution is -2.54. The largest absolute Gasteiger partial charge is 0.304 e. The molecule has 0 fully saturated rings. The van der Waals surface area contributed by atoms with Crippen LogP contribution in [0.4, 0.5) is 0 Å². The zero-order valence-corrected chi connectivity index (χ0v) is 8.91. The van der Waals surface area contributed by atoms with Gasteiger partial charge >= 0.3 is 0 Å². The van der Waals surface area contributed by atoms with Crippen molar-refractivity contribution in [2.45, 2.75) is 26.1 Å². The summed E-state index contributed by atoms with van der Waals surface area (Å²) in [5.41, 5.74) is 0. The van der Waals surface area contributed by atoms with E-state index in [0.717, 1.165) is 23.3 Å². The van der Waals surface area contributed by atoms with E-state index in [2.05, 4.69) is 31.4 Å². The second-order valence-corrected chi connectivity index (χ2v) is 4.69. The highest BCUT2D eigenvalue weighted by molar-refractivity contribution is 6.14. The highest BCUT2D eigenvalue weighted by atomic mass is 28.1. The van der Waals surface area contributed by atoms with Gasteiger partial charge in [0.1, 0.15) is 0 Å². The lowest BCUT2D eigenvalue weighted by atomic mass is 10.5. The summed E-state index contributed by atoms with van der Waals surface area (Å²) in [5.74, 6) is 0. The fourth-order valence-corrected chi connectivity index (χ4v) is 1.65. The molecule has 9 heavy (non-hydrogen) atoms. The third-order valence-corrected chi connectivity index (χ3v) is 1.94. The quantitative estimate of drug-likeness (QED) is 0.403. The van der Waals surface area contributed by atoms with Gasteiger partial charge in [-0.2, -0.15) is 0 Å². The first-order valence-corrected chi connectivity index (χ1v) is 4.62. The van der Waals surface area contributed by atoms with Crippen LogP contribution in [0.3, 0.4) is 0 Å². The molecule has 0 aliphatic rings. The standard InChI is InChI=1S/C6H18N2Si/c1-4-7-6(3,9)8-5-2/h7-8H,4-5H2,1-3,9H3. The Morgan fingerprint density at radius 3 is 1.78 bits per heavy atom. The van der Waals surface area contributed by atoms with Crippen LogP contribution >= 0.6 is 0 Å². The van der Waals surface area contributed by atoms with Crippen molar-refractivity contribution in [3.63, 3.8) is 0 Å². The first-order chi connectivity index (χ1) is 4.12. The van der Waals surface area contributed by atoms with E-state index in [1.165, 1.54) is 0 Å². The summed E-state index contributed by atoms with van der Waals surface area (Å²) in [6.45, 7) is 8.56. The predicted octanol–water partition coefficient (Wildman–Crippen LogP) is -0.756. The topological polar surface area (TPSA) is 24.1 Å². The molecule has 0 saturated heterocycles. The summed E-state index contributed by atoms with van der Waals surface area (Å²) in [6.07, 6.45) is 0. The van der Waals surface area contributed by atoms with Gasteiger partial charge in [0.2, 0.25) is 0 Å². The number of hydrogen-bond acceptors (Lipinski definition) is 2. The minimum Gasteiger partial charge on any atom is -0.304 e. The fourth-order valence-electron chi connectivity index (χ4n) is 0.946. The molecule has 0 amide bonds. The van der Waals surface area contributed by atoms with E-state index in [9.17, 15) is 0 Å². The monoisotopic (exact) mass is 146 g/mol. The Morgan fingerprint density at radius 2 is 1.56 bits per heavy atom. The van der Waals surface area contributed by atoms with Crippen LogP contribution in [-0.4, -0.2) is 28.6 Å². The summed E-state index contributed by atoms with van der Waals surface area (Å²) in [6, 6.07) is 0. The molecule has 0 aliphatic carbocycles. The molecular formula is C6H18N2Si. The summed E-state index contributed by atoms with van der Waals surface area (Å²) in [7, 11) is 1.15. The Morgan fingerprint density at radius 1 is 1.22 bits per heavy atom. The third-order valence-electron chi connectivity index (χ3n) is 1.24. The molecule has 0 aromatic heterocycles. The summed E-state index contributed by atoms with van der Waals surface area (Å²) in [4.78, 5) is 0. The van der Waals surface area contributed by atoms with Crippen LogP contribution in [-0.2, 0) is 0 Å². The van der Waals surface area contributed by atoms with E-state index in [1.54, 1.807) is 0 Å². The lowest BCUT2D eigenvalue weighted by molar-refractivity contribution is 0.420. The van der Waals surface area contributed by atoms with Crippen molar-refractivity contribution in [1.29, 1.82) is 0 Å². The SMILES string of the molecule is CCNC(C)([SiH3])NCC. The van der Waals surface area contributed by atoms with Gasteiger partial charge in [0.25, 0.3) is 0 Å². The molecule has 0 aliphatic heterocycles. The molecule has 0 saturated carbocycles. The number of hydrogen-bond donors (Lipinski definition) is 2. The molecule has 0 aromatic carbocycles. The maximum Gasteiger partial charge on any atom is 0.0460 e. The van der Waals surface area contributed by atoms with Gasteiger partial charge in [-0.25, -0.2) is 0 Å². The van der Waals surface area contributed by atoms with Crippen molar-refractivity contribution in [3.05, 3.63) is 0 Å². The summed E-state index contributed by atoms with van der Waals surface area (Å²) in [5, 5.41) is 6.99. The molecule has 56 valence electrons. The molecule has 0 spiro atoms. The Hall–Kier alpha value is 0.137. The molecule has 0 bridgehead atoms. The Kier molecular flexibility index (Phi) is 4.09. The van der Waals surface area contributed by atoms with Crippen LogP contribution < -0.4 is 10.6 Å². The van der Waals surface area contributed by atoms with Crippen LogP contribution in [0.1, 0.15) is 20.8 Å². The van der Waals surface area contributed by atoms with Crippen molar-refractivity contribution in [3.8, 4) is 0 Å². The number of rotatable bonds is 4. The molecule has 2 N–H and O–H groups in total. The maximum absolute atomic E-state index is 3.37. The van der Waals surface area contributed by atoms with Crippen molar-refractivity contribution in [1.82, 2.24) is 10.6 Å². The first-order valence-electron chi connectivity index (χ1n) is 3.62. The van der Waals surface area contributed by atoms with Gasteiger partial charge in [0, 0.05) is 15.5 Å². The van der Waals surface area contributed by atoms with Gasteiger partial charge in [-0.3, -0.25) is 0 Å². The predicted molar refractivity (Wildman–Crippen MR) is 45.7 cm³/mol. The fraction of sp³-hybridized carbons (Fsp3) is 1.00. The van der Waals surface area contributed by atoms with Crippen LogP contribution in [0.2, 0.25) is 0 Å².